The molecule has 6 nitrogen and oxygen atoms in total. The van der Waals surface area contributed by atoms with Gasteiger partial charge in [0.15, 0.2) is 11.6 Å². The van der Waals surface area contributed by atoms with Crippen molar-refractivity contribution in [1.29, 1.82) is 0 Å². The summed E-state index contributed by atoms with van der Waals surface area (Å²) in [7, 11) is 0. The van der Waals surface area contributed by atoms with Gasteiger partial charge in [-0.3, -0.25) is 24.1 Å². The smallest absolute Gasteiger partial charge is 0.233 e. The molecule has 1 saturated heterocycles. The molecule has 1 aromatic carbocycles. The van der Waals surface area contributed by atoms with Gasteiger partial charge in [0.1, 0.15) is 5.75 Å². The third-order valence-electron chi connectivity index (χ3n) is 7.93. The third-order valence-corrected chi connectivity index (χ3v) is 7.93. The molecule has 3 aliphatic carbocycles. The molecule has 0 saturated carbocycles. The molecular formula is C29H29NO5. The van der Waals surface area contributed by atoms with Crippen LogP contribution in [0.3, 0.4) is 0 Å². The summed E-state index contributed by atoms with van der Waals surface area (Å²) in [5.41, 5.74) is 3.24. The maximum absolute atomic E-state index is 13.4. The molecule has 1 aromatic rings. The molecule has 1 N–H and O–H groups in total. The van der Waals surface area contributed by atoms with Crippen LogP contribution >= 0.6 is 0 Å². The number of para-hydroxylation sites is 1. The summed E-state index contributed by atoms with van der Waals surface area (Å²) in [6.07, 6.45) is 6.84. The van der Waals surface area contributed by atoms with Gasteiger partial charge < -0.3 is 5.11 Å². The number of phenols is 1. The average Bonchev–Trinajstić information content (AvgIpc) is 3.08. The third kappa shape index (κ3) is 3.38. The van der Waals surface area contributed by atoms with Crippen molar-refractivity contribution in [1.82, 2.24) is 4.90 Å². The van der Waals surface area contributed by atoms with E-state index < -0.39 is 17.8 Å². The van der Waals surface area contributed by atoms with Crippen LogP contribution in [0.1, 0.15) is 50.2 Å². The fourth-order valence-electron chi connectivity index (χ4n) is 6.39. The normalized spacial score (nSPS) is 27.9. The number of aromatic hydroxyl groups is 1. The van der Waals surface area contributed by atoms with Crippen LogP contribution in [0.15, 0.2) is 65.3 Å². The first-order chi connectivity index (χ1) is 16.8. The van der Waals surface area contributed by atoms with Crippen molar-refractivity contribution >= 4 is 23.4 Å². The summed E-state index contributed by atoms with van der Waals surface area (Å²) >= 11 is 0. The maximum atomic E-state index is 13.4. The Morgan fingerprint density at radius 1 is 1.14 bits per heavy atom. The van der Waals surface area contributed by atoms with Gasteiger partial charge >= 0.3 is 0 Å². The van der Waals surface area contributed by atoms with E-state index >= 15 is 0 Å². The number of amides is 2. The number of phenolic OH excluding ortho intramolecular Hbond substituents is 1. The van der Waals surface area contributed by atoms with Gasteiger partial charge in [0.25, 0.3) is 0 Å². The molecule has 1 fully saturated rings. The van der Waals surface area contributed by atoms with Crippen molar-refractivity contribution in [2.24, 2.45) is 17.8 Å². The van der Waals surface area contributed by atoms with Crippen LogP contribution in [0.4, 0.5) is 0 Å². The van der Waals surface area contributed by atoms with Gasteiger partial charge in [-0.1, -0.05) is 42.8 Å². The van der Waals surface area contributed by atoms with Crippen LogP contribution < -0.4 is 0 Å². The van der Waals surface area contributed by atoms with Crippen LogP contribution in [0.25, 0.3) is 0 Å². The van der Waals surface area contributed by atoms with Crippen molar-refractivity contribution < 1.29 is 24.3 Å². The molecule has 0 aromatic heterocycles. The molecule has 5 rings (SSSR count). The Kier molecular flexibility index (Phi) is 5.70. The molecule has 6 heteroatoms. The van der Waals surface area contributed by atoms with E-state index in [9.17, 15) is 24.3 Å². The Balaban J connectivity index is 1.70. The molecule has 180 valence electrons. The Morgan fingerprint density at radius 3 is 2.63 bits per heavy atom. The van der Waals surface area contributed by atoms with E-state index in [-0.39, 0.29) is 41.5 Å². The lowest BCUT2D eigenvalue weighted by molar-refractivity contribution is -0.140. The van der Waals surface area contributed by atoms with E-state index in [1.54, 1.807) is 19.1 Å². The fraction of sp³-hybridized carbons (Fsp3) is 0.379. The predicted molar refractivity (Wildman–Crippen MR) is 130 cm³/mol. The largest absolute Gasteiger partial charge is 0.507 e. The number of likely N-dealkylation sites (tertiary alicyclic amines) is 1. The minimum absolute atomic E-state index is 0.0711. The second kappa shape index (κ2) is 8.59. The zero-order chi connectivity index (χ0) is 25.0. The van der Waals surface area contributed by atoms with Gasteiger partial charge in [-0.2, -0.15) is 0 Å². The molecular weight excluding hydrogens is 442 g/mol. The van der Waals surface area contributed by atoms with Crippen molar-refractivity contribution in [3.8, 4) is 5.75 Å². The molecule has 1 heterocycles. The number of benzene rings is 1. The Hall–Kier alpha value is -3.54. The van der Waals surface area contributed by atoms with Crippen LogP contribution in [0.2, 0.25) is 0 Å². The standard InChI is InChI=1S/C29H29NO5/c1-4-7-16-8-6-9-18(27(16)33)23-17-10-11-19-24(29(35)30(12-5-2)28(19)34)20(17)14-21-22(31)13-15(3)26(32)25(21)23/h4,6,8-10,13,19-20,23-24,33H,1,5,7,11-12,14H2,2-3H3. The summed E-state index contributed by atoms with van der Waals surface area (Å²) in [5.74, 6) is -2.72. The number of allylic oxidation sites excluding steroid dienone is 7. The van der Waals surface area contributed by atoms with Crippen molar-refractivity contribution in [2.75, 3.05) is 6.54 Å². The molecule has 0 bridgehead atoms. The second-order valence-electron chi connectivity index (χ2n) is 9.90. The number of fused-ring (bicyclic) bond motifs is 3. The van der Waals surface area contributed by atoms with Gasteiger partial charge in [-0.05, 0) is 50.2 Å². The lowest BCUT2D eigenvalue weighted by Crippen LogP contribution is -2.40. The molecule has 2 amide bonds. The zero-order valence-corrected chi connectivity index (χ0v) is 20.0. The molecule has 4 aliphatic rings. The molecule has 4 unspecified atom stereocenters. The molecule has 0 radical (unpaired) electrons. The predicted octanol–water partition coefficient (Wildman–Crippen LogP) is 3.96. The van der Waals surface area contributed by atoms with Crippen molar-refractivity contribution in [3.05, 3.63) is 76.4 Å². The average molecular weight is 472 g/mol. The first-order valence-corrected chi connectivity index (χ1v) is 12.3. The Morgan fingerprint density at radius 2 is 1.91 bits per heavy atom. The van der Waals surface area contributed by atoms with E-state index in [2.05, 4.69) is 6.58 Å². The van der Waals surface area contributed by atoms with Gasteiger partial charge in [-0.25, -0.2) is 0 Å². The minimum atomic E-state index is -0.641. The van der Waals surface area contributed by atoms with Crippen molar-refractivity contribution in [3.63, 3.8) is 0 Å². The molecule has 1 aliphatic heterocycles. The Bertz CT molecular complexity index is 1280. The number of Topliss-reactive ketones (excluding diaryl/α,β-unsaturated/α-hetero) is 1. The number of ketones is 2. The monoisotopic (exact) mass is 471 g/mol. The molecule has 0 spiro atoms. The summed E-state index contributed by atoms with van der Waals surface area (Å²) in [6, 6.07) is 5.42. The van der Waals surface area contributed by atoms with Gasteiger partial charge in [0, 0.05) is 34.7 Å². The first-order valence-electron chi connectivity index (χ1n) is 12.3. The van der Waals surface area contributed by atoms with E-state index in [1.165, 1.54) is 11.0 Å². The highest BCUT2D eigenvalue weighted by molar-refractivity contribution is 6.24. The van der Waals surface area contributed by atoms with Crippen LogP contribution in [-0.4, -0.2) is 39.9 Å². The summed E-state index contributed by atoms with van der Waals surface area (Å²) in [5, 5.41) is 11.2. The number of imide groups is 1. The number of hydrogen-bond acceptors (Lipinski definition) is 5. The highest BCUT2D eigenvalue weighted by atomic mass is 16.3. The van der Waals surface area contributed by atoms with E-state index in [0.717, 1.165) is 5.57 Å². The number of rotatable bonds is 5. The van der Waals surface area contributed by atoms with E-state index in [0.29, 0.717) is 53.7 Å². The highest BCUT2D eigenvalue weighted by Gasteiger charge is 2.56. The quantitative estimate of drug-likeness (QED) is 0.399. The summed E-state index contributed by atoms with van der Waals surface area (Å²) in [4.78, 5) is 54.5. The zero-order valence-electron chi connectivity index (χ0n) is 20.0. The number of carbonyl (C=O) groups excluding carboxylic acids is 4. The second-order valence-corrected chi connectivity index (χ2v) is 9.90. The lowest BCUT2D eigenvalue weighted by atomic mass is 9.59. The summed E-state index contributed by atoms with van der Waals surface area (Å²) in [6.45, 7) is 7.71. The van der Waals surface area contributed by atoms with E-state index in [1.807, 2.05) is 25.1 Å². The van der Waals surface area contributed by atoms with E-state index in [4.69, 9.17) is 0 Å². The molecule has 35 heavy (non-hydrogen) atoms. The van der Waals surface area contributed by atoms with Crippen LogP contribution in [0.5, 0.6) is 5.75 Å². The summed E-state index contributed by atoms with van der Waals surface area (Å²) < 4.78 is 0. The minimum Gasteiger partial charge on any atom is -0.507 e. The number of carbonyl (C=O) groups is 4. The highest BCUT2D eigenvalue weighted by Crippen LogP contribution is 2.56. The van der Waals surface area contributed by atoms with Crippen LogP contribution in [0, 0.1) is 17.8 Å². The molecule has 4 atom stereocenters. The number of hydrogen-bond donors (Lipinski definition) is 1. The Labute approximate surface area is 204 Å². The topological polar surface area (TPSA) is 91.8 Å². The fourth-order valence-corrected chi connectivity index (χ4v) is 6.39. The first kappa shape index (κ1) is 23.2. The van der Waals surface area contributed by atoms with Gasteiger partial charge in [0.2, 0.25) is 11.8 Å². The SMILES string of the molecule is C=CCc1cccc(C2C3=CCC4C(=O)N(CCC)C(=O)C4C3CC3=C2C(=O)C(C)=CC3=O)c1O. The maximum Gasteiger partial charge on any atom is 0.233 e. The number of nitrogens with zero attached hydrogens (tertiary/aromatic N) is 1. The van der Waals surface area contributed by atoms with Gasteiger partial charge in [-0.15, -0.1) is 6.58 Å². The van der Waals surface area contributed by atoms with Gasteiger partial charge in [0.05, 0.1) is 11.8 Å². The lowest BCUT2D eigenvalue weighted by Gasteiger charge is -2.42. The van der Waals surface area contributed by atoms with Crippen molar-refractivity contribution in [2.45, 2.75) is 45.4 Å². The van der Waals surface area contributed by atoms with Crippen LogP contribution in [-0.2, 0) is 25.6 Å².